The van der Waals surface area contributed by atoms with E-state index in [2.05, 4.69) is 17.6 Å². The van der Waals surface area contributed by atoms with Crippen molar-refractivity contribution in [3.63, 3.8) is 0 Å². The fraction of sp³-hybridized carbons (Fsp3) is 0.588. The van der Waals surface area contributed by atoms with Crippen LogP contribution in [-0.4, -0.2) is 58.5 Å². The Kier molecular flexibility index (Phi) is 9.35. The van der Waals surface area contributed by atoms with Crippen LogP contribution in [-0.2, 0) is 10.0 Å². The van der Waals surface area contributed by atoms with Gasteiger partial charge in [-0.05, 0) is 44.0 Å². The van der Waals surface area contributed by atoms with Crippen LogP contribution in [0.5, 0.6) is 5.75 Å². The number of carbonyl (C=O) groups is 1. The third-order valence-electron chi connectivity index (χ3n) is 4.12. The van der Waals surface area contributed by atoms with E-state index in [0.29, 0.717) is 31.7 Å². The van der Waals surface area contributed by atoms with Gasteiger partial charge in [0.15, 0.2) is 0 Å². The van der Waals surface area contributed by atoms with Crippen LogP contribution in [0.15, 0.2) is 23.1 Å². The fourth-order valence-corrected chi connectivity index (χ4v) is 4.45. The van der Waals surface area contributed by atoms with Crippen LogP contribution in [0.25, 0.3) is 0 Å². The lowest BCUT2D eigenvalue weighted by molar-refractivity contribution is 0.0953. The summed E-state index contributed by atoms with van der Waals surface area (Å²) in [6.07, 6.45) is 2.74. The van der Waals surface area contributed by atoms with Gasteiger partial charge in [0.25, 0.3) is 5.91 Å². The summed E-state index contributed by atoms with van der Waals surface area (Å²) >= 11 is 0. The lowest BCUT2D eigenvalue weighted by atomic mass is 10.2. The Hall–Kier alpha value is -1.35. The van der Waals surface area contributed by atoms with Crippen LogP contribution in [0.2, 0.25) is 0 Å². The van der Waals surface area contributed by atoms with Crippen molar-refractivity contribution in [1.29, 1.82) is 0 Å². The van der Waals surface area contributed by atoms with E-state index in [-0.39, 0.29) is 29.0 Å². The molecule has 1 aromatic rings. The summed E-state index contributed by atoms with van der Waals surface area (Å²) in [5, 5.41) is 5.99. The molecule has 2 rings (SSSR count). The van der Waals surface area contributed by atoms with Crippen LogP contribution in [0.4, 0.5) is 0 Å². The van der Waals surface area contributed by atoms with Crippen molar-refractivity contribution in [3.8, 4) is 5.75 Å². The van der Waals surface area contributed by atoms with Gasteiger partial charge in [-0.3, -0.25) is 4.79 Å². The summed E-state index contributed by atoms with van der Waals surface area (Å²) in [6.45, 7) is 5.14. The van der Waals surface area contributed by atoms with E-state index in [4.69, 9.17) is 4.74 Å². The molecular formula is C17H28ClN3O4S. The van der Waals surface area contributed by atoms with E-state index in [9.17, 15) is 13.2 Å². The molecule has 26 heavy (non-hydrogen) atoms. The predicted octanol–water partition coefficient (Wildman–Crippen LogP) is 1.63. The summed E-state index contributed by atoms with van der Waals surface area (Å²) in [5.74, 6) is -0.0353. The zero-order valence-electron chi connectivity index (χ0n) is 15.3. The molecule has 1 aromatic carbocycles. The molecule has 0 bridgehead atoms. The van der Waals surface area contributed by atoms with E-state index >= 15 is 0 Å². The maximum absolute atomic E-state index is 12.8. The molecule has 0 radical (unpaired) electrons. The second-order valence-electron chi connectivity index (χ2n) is 5.98. The summed E-state index contributed by atoms with van der Waals surface area (Å²) in [5.41, 5.74) is 0.314. The van der Waals surface area contributed by atoms with Crippen LogP contribution < -0.4 is 15.4 Å². The minimum atomic E-state index is -3.65. The largest absolute Gasteiger partial charge is 0.495 e. The monoisotopic (exact) mass is 405 g/mol. The third-order valence-corrected chi connectivity index (χ3v) is 6.04. The zero-order chi connectivity index (χ0) is 18.3. The van der Waals surface area contributed by atoms with Crippen molar-refractivity contribution >= 4 is 28.3 Å². The van der Waals surface area contributed by atoms with E-state index in [1.165, 1.54) is 23.5 Å². The van der Waals surface area contributed by atoms with E-state index in [1.807, 2.05) is 0 Å². The highest BCUT2D eigenvalue weighted by atomic mass is 35.5. The molecule has 1 aliphatic heterocycles. The van der Waals surface area contributed by atoms with Crippen molar-refractivity contribution in [3.05, 3.63) is 23.8 Å². The Bertz CT molecular complexity index is 691. The first kappa shape index (κ1) is 22.7. The highest BCUT2D eigenvalue weighted by Crippen LogP contribution is 2.29. The number of benzene rings is 1. The molecular weight excluding hydrogens is 378 g/mol. The lowest BCUT2D eigenvalue weighted by Gasteiger charge is -2.18. The number of hydrogen-bond donors (Lipinski definition) is 2. The number of amides is 1. The van der Waals surface area contributed by atoms with Gasteiger partial charge < -0.3 is 15.4 Å². The normalized spacial score (nSPS) is 14.7. The SMILES string of the molecule is CCCNCCNC(=O)c1ccc(OC)c(S(=O)(=O)N2CCCC2)c1.Cl. The molecule has 0 unspecified atom stereocenters. The molecule has 148 valence electrons. The van der Waals surface area contributed by atoms with Gasteiger partial charge in [-0.15, -0.1) is 12.4 Å². The molecule has 0 spiro atoms. The highest BCUT2D eigenvalue weighted by molar-refractivity contribution is 7.89. The topological polar surface area (TPSA) is 87.7 Å². The maximum Gasteiger partial charge on any atom is 0.251 e. The van der Waals surface area contributed by atoms with E-state index in [0.717, 1.165) is 25.8 Å². The van der Waals surface area contributed by atoms with Gasteiger partial charge in [-0.1, -0.05) is 6.92 Å². The molecule has 7 nitrogen and oxygen atoms in total. The third kappa shape index (κ3) is 5.57. The zero-order valence-corrected chi connectivity index (χ0v) is 16.9. The molecule has 0 aromatic heterocycles. The number of nitrogens with zero attached hydrogens (tertiary/aromatic N) is 1. The molecule has 1 heterocycles. The molecule has 1 amide bonds. The van der Waals surface area contributed by atoms with Crippen molar-refractivity contribution in [2.24, 2.45) is 0 Å². The molecule has 1 fully saturated rings. The molecule has 9 heteroatoms. The van der Waals surface area contributed by atoms with Crippen LogP contribution in [0.3, 0.4) is 0 Å². The minimum absolute atomic E-state index is 0. The summed E-state index contributed by atoms with van der Waals surface area (Å²) in [4.78, 5) is 12.3. The number of hydrogen-bond acceptors (Lipinski definition) is 5. The van der Waals surface area contributed by atoms with Crippen molar-refractivity contribution in [2.45, 2.75) is 31.1 Å². The first-order chi connectivity index (χ1) is 12.0. The number of methoxy groups -OCH3 is 1. The molecule has 0 atom stereocenters. The number of sulfonamides is 1. The second kappa shape index (κ2) is 10.7. The Balaban J connectivity index is 0.00000338. The van der Waals surface area contributed by atoms with E-state index in [1.54, 1.807) is 6.07 Å². The van der Waals surface area contributed by atoms with Crippen LogP contribution >= 0.6 is 12.4 Å². The van der Waals surface area contributed by atoms with Gasteiger partial charge in [0.2, 0.25) is 10.0 Å². The highest BCUT2D eigenvalue weighted by Gasteiger charge is 2.30. The smallest absolute Gasteiger partial charge is 0.251 e. The second-order valence-corrected chi connectivity index (χ2v) is 7.89. The van der Waals surface area contributed by atoms with Gasteiger partial charge in [0.05, 0.1) is 7.11 Å². The Morgan fingerprint density at radius 2 is 1.88 bits per heavy atom. The quantitative estimate of drug-likeness (QED) is 0.610. The lowest BCUT2D eigenvalue weighted by Crippen LogP contribution is -2.32. The number of ether oxygens (including phenoxy) is 1. The molecule has 0 aliphatic carbocycles. The van der Waals surface area contributed by atoms with Crippen molar-refractivity contribution < 1.29 is 17.9 Å². The number of nitrogens with one attached hydrogen (secondary N) is 2. The Morgan fingerprint density at radius 1 is 1.19 bits per heavy atom. The van der Waals surface area contributed by atoms with Gasteiger partial charge >= 0.3 is 0 Å². The first-order valence-electron chi connectivity index (χ1n) is 8.67. The van der Waals surface area contributed by atoms with Crippen LogP contribution in [0.1, 0.15) is 36.5 Å². The van der Waals surface area contributed by atoms with Crippen molar-refractivity contribution in [2.75, 3.05) is 39.8 Å². The summed E-state index contributed by atoms with van der Waals surface area (Å²) in [6, 6.07) is 4.52. The van der Waals surface area contributed by atoms with Gasteiger partial charge in [0.1, 0.15) is 10.6 Å². The fourth-order valence-electron chi connectivity index (χ4n) is 2.76. The molecule has 0 saturated carbocycles. The van der Waals surface area contributed by atoms with Gasteiger partial charge in [-0.25, -0.2) is 8.42 Å². The number of rotatable bonds is 9. The Morgan fingerprint density at radius 3 is 2.50 bits per heavy atom. The van der Waals surface area contributed by atoms with Crippen molar-refractivity contribution in [1.82, 2.24) is 14.9 Å². The molecule has 1 saturated heterocycles. The summed E-state index contributed by atoms with van der Waals surface area (Å²) < 4.78 is 32.3. The minimum Gasteiger partial charge on any atom is -0.495 e. The standard InChI is InChI=1S/C17H27N3O4S.ClH/c1-3-8-18-9-10-19-17(21)14-6-7-15(24-2)16(13-14)25(22,23)20-11-4-5-12-20;/h6-7,13,18H,3-5,8-12H2,1-2H3,(H,19,21);1H. The van der Waals surface area contributed by atoms with E-state index < -0.39 is 10.0 Å². The Labute approximate surface area is 161 Å². The van der Waals surface area contributed by atoms with Gasteiger partial charge in [0, 0.05) is 31.7 Å². The number of carbonyl (C=O) groups excluding carboxylic acids is 1. The van der Waals surface area contributed by atoms with Crippen LogP contribution in [0, 0.1) is 0 Å². The summed E-state index contributed by atoms with van der Waals surface area (Å²) in [7, 11) is -2.23. The predicted molar refractivity (Wildman–Crippen MR) is 104 cm³/mol. The molecule has 1 aliphatic rings. The van der Waals surface area contributed by atoms with Gasteiger partial charge in [-0.2, -0.15) is 4.31 Å². The average Bonchev–Trinajstić information content (AvgIpc) is 3.16. The first-order valence-corrected chi connectivity index (χ1v) is 10.1. The average molecular weight is 406 g/mol. The number of halogens is 1. The maximum atomic E-state index is 12.8. The molecule has 2 N–H and O–H groups in total.